The van der Waals surface area contributed by atoms with Gasteiger partial charge >= 0.3 is 0 Å². The van der Waals surface area contributed by atoms with Gasteiger partial charge < -0.3 is 4.98 Å². The average Bonchev–Trinajstić information content (AvgIpc) is 2.32. The van der Waals surface area contributed by atoms with Gasteiger partial charge in [0.1, 0.15) is 9.26 Å². The maximum atomic E-state index is 12.0. The van der Waals surface area contributed by atoms with Crippen molar-refractivity contribution in [3.8, 4) is 11.5 Å². The van der Waals surface area contributed by atoms with E-state index in [4.69, 9.17) is 0 Å². The van der Waals surface area contributed by atoms with Gasteiger partial charge in [0, 0.05) is 11.6 Å². The van der Waals surface area contributed by atoms with Crippen molar-refractivity contribution in [1.29, 1.82) is 0 Å². The van der Waals surface area contributed by atoms with Crippen LogP contribution in [0.5, 0.6) is 0 Å². The zero-order valence-corrected chi connectivity index (χ0v) is 13.6. The number of nitrogens with one attached hydrogen (secondary N) is 1. The first kappa shape index (κ1) is 14.2. The third-order valence-corrected chi connectivity index (χ3v) is 3.73. The topological polar surface area (TPSA) is 58.6 Å². The van der Waals surface area contributed by atoms with Crippen LogP contribution < -0.4 is 5.56 Å². The van der Waals surface area contributed by atoms with E-state index < -0.39 is 0 Å². The minimum atomic E-state index is -0.176. The normalized spacial score (nSPS) is 11.6. The van der Waals surface area contributed by atoms with Gasteiger partial charge in [0.15, 0.2) is 5.82 Å². The van der Waals surface area contributed by atoms with Crippen molar-refractivity contribution in [2.75, 3.05) is 0 Å². The first-order valence-corrected chi connectivity index (χ1v) is 7.10. The molecular formula is C14H16IN3O. The maximum Gasteiger partial charge on any atom is 0.264 e. The Morgan fingerprint density at radius 2 is 1.95 bits per heavy atom. The van der Waals surface area contributed by atoms with E-state index in [1.807, 2.05) is 62.4 Å². The second-order valence-corrected chi connectivity index (χ2v) is 6.63. The lowest BCUT2D eigenvalue weighted by atomic mass is 9.92. The van der Waals surface area contributed by atoms with Crippen LogP contribution in [0.15, 0.2) is 23.1 Å². The highest BCUT2D eigenvalue weighted by molar-refractivity contribution is 14.1. The Labute approximate surface area is 125 Å². The fourth-order valence-electron chi connectivity index (χ4n) is 1.68. The fraction of sp³-hybridized carbons (Fsp3) is 0.357. The van der Waals surface area contributed by atoms with Gasteiger partial charge in [0.25, 0.3) is 5.56 Å². The van der Waals surface area contributed by atoms with Gasteiger partial charge in [-0.1, -0.05) is 26.8 Å². The number of hydrogen-bond acceptors (Lipinski definition) is 3. The summed E-state index contributed by atoms with van der Waals surface area (Å²) in [7, 11) is 0. The van der Waals surface area contributed by atoms with E-state index in [2.05, 4.69) is 15.0 Å². The van der Waals surface area contributed by atoms with Crippen molar-refractivity contribution >= 4 is 22.6 Å². The van der Waals surface area contributed by atoms with Gasteiger partial charge in [-0.15, -0.1) is 0 Å². The molecule has 5 heteroatoms. The summed E-state index contributed by atoms with van der Waals surface area (Å²) in [5, 5.41) is 0. The molecule has 0 fully saturated rings. The molecule has 100 valence electrons. The number of aryl methyl sites for hydroxylation is 1. The van der Waals surface area contributed by atoms with Gasteiger partial charge in [-0.3, -0.25) is 9.78 Å². The Kier molecular flexibility index (Phi) is 3.75. The quantitative estimate of drug-likeness (QED) is 0.787. The molecule has 0 spiro atoms. The number of aromatic amines is 1. The smallest absolute Gasteiger partial charge is 0.264 e. The van der Waals surface area contributed by atoms with E-state index in [0.717, 1.165) is 11.3 Å². The summed E-state index contributed by atoms with van der Waals surface area (Å²) < 4.78 is 0.640. The highest BCUT2D eigenvalue weighted by Gasteiger charge is 2.22. The van der Waals surface area contributed by atoms with Crippen LogP contribution in [0, 0.1) is 10.5 Å². The molecule has 0 unspecified atom stereocenters. The largest absolute Gasteiger partial charge is 0.304 e. The van der Waals surface area contributed by atoms with E-state index in [9.17, 15) is 4.79 Å². The Morgan fingerprint density at radius 3 is 2.47 bits per heavy atom. The van der Waals surface area contributed by atoms with E-state index in [1.165, 1.54) is 0 Å². The molecule has 19 heavy (non-hydrogen) atoms. The van der Waals surface area contributed by atoms with Crippen LogP contribution in [0.4, 0.5) is 0 Å². The maximum absolute atomic E-state index is 12.0. The molecule has 2 rings (SSSR count). The summed E-state index contributed by atoms with van der Waals surface area (Å²) in [6.45, 7) is 8.11. The molecular weight excluding hydrogens is 353 g/mol. The summed E-state index contributed by atoms with van der Waals surface area (Å²) in [5.41, 5.74) is 2.27. The Bertz CT molecular complexity index is 654. The van der Waals surface area contributed by atoms with E-state index >= 15 is 0 Å². The summed E-state index contributed by atoms with van der Waals surface area (Å²) in [6, 6.07) is 3.82. The zero-order valence-electron chi connectivity index (χ0n) is 11.4. The number of rotatable bonds is 1. The van der Waals surface area contributed by atoms with Gasteiger partial charge in [0.2, 0.25) is 0 Å². The molecule has 0 saturated heterocycles. The molecule has 2 aromatic rings. The van der Waals surface area contributed by atoms with Crippen molar-refractivity contribution < 1.29 is 0 Å². The minimum Gasteiger partial charge on any atom is -0.304 e. The van der Waals surface area contributed by atoms with Crippen molar-refractivity contribution in [1.82, 2.24) is 15.0 Å². The monoisotopic (exact) mass is 369 g/mol. The molecule has 0 aliphatic rings. The number of hydrogen-bond donors (Lipinski definition) is 1. The molecule has 0 aliphatic heterocycles. The van der Waals surface area contributed by atoms with Crippen LogP contribution in [0.25, 0.3) is 11.5 Å². The summed E-state index contributed by atoms with van der Waals surface area (Å²) >= 11 is 2.04. The second kappa shape index (κ2) is 5.03. The van der Waals surface area contributed by atoms with Gasteiger partial charge in [-0.05, 0) is 41.1 Å². The third kappa shape index (κ3) is 3.02. The van der Waals surface area contributed by atoms with Gasteiger partial charge in [-0.25, -0.2) is 4.98 Å². The lowest BCUT2D eigenvalue weighted by molar-refractivity contribution is 0.562. The zero-order chi connectivity index (χ0) is 14.2. The molecule has 1 N–H and O–H groups in total. The molecule has 0 bridgehead atoms. The molecule has 0 amide bonds. The van der Waals surface area contributed by atoms with Crippen molar-refractivity contribution in [2.45, 2.75) is 33.1 Å². The third-order valence-electron chi connectivity index (χ3n) is 2.73. The molecule has 0 saturated carbocycles. The molecule has 0 aliphatic carbocycles. The summed E-state index contributed by atoms with van der Waals surface area (Å²) in [5.74, 6) is 0.523. The fourth-order valence-corrected chi connectivity index (χ4v) is 2.75. The number of halogens is 1. The van der Waals surface area contributed by atoms with E-state index in [-0.39, 0.29) is 11.0 Å². The van der Waals surface area contributed by atoms with E-state index in [0.29, 0.717) is 15.1 Å². The molecule has 0 radical (unpaired) electrons. The lowest BCUT2D eigenvalue weighted by Gasteiger charge is -2.19. The SMILES string of the molecule is Cc1ccc(-c2nc(C(C)(C)C)c(I)c(=O)[nH]2)nc1. The first-order valence-electron chi connectivity index (χ1n) is 6.02. The molecule has 0 aromatic carbocycles. The number of aromatic nitrogens is 3. The Hall–Kier alpha value is -1.24. The van der Waals surface area contributed by atoms with Crippen LogP contribution in [0.3, 0.4) is 0 Å². The molecule has 2 aromatic heterocycles. The number of H-pyrrole nitrogens is 1. The average molecular weight is 369 g/mol. The van der Waals surface area contributed by atoms with Crippen molar-refractivity contribution in [2.24, 2.45) is 0 Å². The minimum absolute atomic E-state index is 0.113. The predicted molar refractivity (Wildman–Crippen MR) is 84.2 cm³/mol. The van der Waals surface area contributed by atoms with Crippen molar-refractivity contribution in [3.63, 3.8) is 0 Å². The van der Waals surface area contributed by atoms with Gasteiger partial charge in [0.05, 0.1) is 5.69 Å². The highest BCUT2D eigenvalue weighted by atomic mass is 127. The van der Waals surface area contributed by atoms with Gasteiger partial charge in [-0.2, -0.15) is 0 Å². The van der Waals surface area contributed by atoms with Crippen LogP contribution in [-0.4, -0.2) is 15.0 Å². The molecule has 0 atom stereocenters. The second-order valence-electron chi connectivity index (χ2n) is 5.55. The number of pyridine rings is 1. The molecule has 4 nitrogen and oxygen atoms in total. The first-order chi connectivity index (χ1) is 8.79. The number of nitrogens with zero attached hydrogens (tertiary/aromatic N) is 2. The van der Waals surface area contributed by atoms with Crippen LogP contribution in [0.2, 0.25) is 0 Å². The highest BCUT2D eigenvalue weighted by Crippen LogP contribution is 2.24. The lowest BCUT2D eigenvalue weighted by Crippen LogP contribution is -2.24. The van der Waals surface area contributed by atoms with Crippen LogP contribution in [0.1, 0.15) is 32.0 Å². The Morgan fingerprint density at radius 1 is 1.26 bits per heavy atom. The summed E-state index contributed by atoms with van der Waals surface area (Å²) in [6.07, 6.45) is 1.77. The summed E-state index contributed by atoms with van der Waals surface area (Å²) in [4.78, 5) is 23.7. The predicted octanol–water partition coefficient (Wildman–Crippen LogP) is 3.04. The standard InChI is InChI=1S/C14H16IN3O/c1-8-5-6-9(16-7-8)12-17-11(14(2,3)4)10(15)13(19)18-12/h5-7H,1-4H3,(H,17,18,19). The molecule has 2 heterocycles. The van der Waals surface area contributed by atoms with Crippen LogP contribution >= 0.6 is 22.6 Å². The van der Waals surface area contributed by atoms with E-state index in [1.54, 1.807) is 6.20 Å². The van der Waals surface area contributed by atoms with Crippen molar-refractivity contribution in [3.05, 3.63) is 43.5 Å². The van der Waals surface area contributed by atoms with Crippen LogP contribution in [-0.2, 0) is 5.41 Å². The Balaban J connectivity index is 2.63.